The van der Waals surface area contributed by atoms with E-state index in [2.05, 4.69) is 15.6 Å². The van der Waals surface area contributed by atoms with Crippen molar-refractivity contribution in [2.75, 3.05) is 18.4 Å². The maximum atomic E-state index is 10.8. The van der Waals surface area contributed by atoms with Crippen LogP contribution < -0.4 is 10.6 Å². The first kappa shape index (κ1) is 13.4. The van der Waals surface area contributed by atoms with Crippen LogP contribution in [0.25, 0.3) is 0 Å². The highest BCUT2D eigenvalue weighted by molar-refractivity contribution is 5.56. The fourth-order valence-electron chi connectivity index (χ4n) is 1.37. The number of rotatable bonds is 6. The molecule has 1 heterocycles. The van der Waals surface area contributed by atoms with E-state index in [0.717, 1.165) is 12.1 Å². The number of hydrogen-bond donors (Lipinski definition) is 2. The maximum absolute atomic E-state index is 10.8. The van der Waals surface area contributed by atoms with Crippen molar-refractivity contribution in [1.29, 1.82) is 0 Å². The van der Waals surface area contributed by atoms with E-state index in [0.29, 0.717) is 18.4 Å². The molecule has 94 valence electrons. The molecule has 0 aliphatic rings. The average Bonchev–Trinajstić information content (AvgIpc) is 2.25. The van der Waals surface area contributed by atoms with Crippen LogP contribution in [0.2, 0.25) is 0 Å². The third kappa shape index (κ3) is 4.36. The van der Waals surface area contributed by atoms with Gasteiger partial charge in [0.15, 0.2) is 0 Å². The molecular formula is C11H18N4O2. The summed E-state index contributed by atoms with van der Waals surface area (Å²) in [6.45, 7) is 7.22. The molecule has 0 aliphatic carbocycles. The van der Waals surface area contributed by atoms with Crippen molar-refractivity contribution in [1.82, 2.24) is 10.3 Å². The topological polar surface area (TPSA) is 80.1 Å². The van der Waals surface area contributed by atoms with Crippen molar-refractivity contribution in [3.63, 3.8) is 0 Å². The molecule has 1 aromatic rings. The normalized spacial score (nSPS) is 10.6. The van der Waals surface area contributed by atoms with Crippen molar-refractivity contribution in [2.45, 2.75) is 26.8 Å². The van der Waals surface area contributed by atoms with Crippen LogP contribution in [0, 0.1) is 17.0 Å². The second kappa shape index (κ2) is 6.15. The Morgan fingerprint density at radius 3 is 2.76 bits per heavy atom. The third-order valence-corrected chi connectivity index (χ3v) is 2.17. The second-order valence-electron chi connectivity index (χ2n) is 4.17. The van der Waals surface area contributed by atoms with E-state index in [9.17, 15) is 10.1 Å². The van der Waals surface area contributed by atoms with Crippen molar-refractivity contribution in [3.8, 4) is 0 Å². The average molecular weight is 238 g/mol. The Balaban J connectivity index is 2.61. The Morgan fingerprint density at radius 2 is 2.18 bits per heavy atom. The molecule has 0 bridgehead atoms. The van der Waals surface area contributed by atoms with E-state index >= 15 is 0 Å². The lowest BCUT2D eigenvalue weighted by Gasteiger charge is -2.09. The van der Waals surface area contributed by atoms with E-state index in [-0.39, 0.29) is 5.69 Å². The molecule has 17 heavy (non-hydrogen) atoms. The van der Waals surface area contributed by atoms with Crippen LogP contribution in [0.3, 0.4) is 0 Å². The predicted molar refractivity (Wildman–Crippen MR) is 67.3 cm³/mol. The number of aromatic nitrogens is 1. The van der Waals surface area contributed by atoms with Gasteiger partial charge < -0.3 is 10.6 Å². The fraction of sp³-hybridized carbons (Fsp3) is 0.545. The molecule has 6 heteroatoms. The molecule has 0 fully saturated rings. The van der Waals surface area contributed by atoms with Crippen LogP contribution in [0.1, 0.15) is 19.4 Å². The first-order valence-corrected chi connectivity index (χ1v) is 5.59. The van der Waals surface area contributed by atoms with Crippen molar-refractivity contribution in [2.24, 2.45) is 0 Å². The molecular weight excluding hydrogens is 220 g/mol. The third-order valence-electron chi connectivity index (χ3n) is 2.17. The SMILES string of the molecule is Cc1cnc(NCCNC(C)C)c([N+](=O)[O-])c1. The Hall–Kier alpha value is -1.69. The quantitative estimate of drug-likeness (QED) is 0.448. The summed E-state index contributed by atoms with van der Waals surface area (Å²) in [6, 6.07) is 1.92. The molecule has 0 saturated heterocycles. The summed E-state index contributed by atoms with van der Waals surface area (Å²) in [5.41, 5.74) is 0.803. The molecule has 0 amide bonds. The van der Waals surface area contributed by atoms with Crippen LogP contribution in [0.4, 0.5) is 11.5 Å². The van der Waals surface area contributed by atoms with Crippen LogP contribution in [-0.4, -0.2) is 29.0 Å². The Kier molecular flexibility index (Phi) is 4.84. The van der Waals surface area contributed by atoms with E-state index in [1.165, 1.54) is 6.07 Å². The highest BCUT2D eigenvalue weighted by Crippen LogP contribution is 2.21. The smallest absolute Gasteiger partial charge is 0.311 e. The van der Waals surface area contributed by atoms with E-state index in [4.69, 9.17) is 0 Å². The standard InChI is InChI=1S/C11H18N4O2/c1-8(2)12-4-5-13-11-10(15(16)17)6-9(3)7-14-11/h6-8,12H,4-5H2,1-3H3,(H,13,14). The molecule has 0 aliphatic heterocycles. The van der Waals surface area contributed by atoms with Gasteiger partial charge in [-0.15, -0.1) is 0 Å². The minimum absolute atomic E-state index is 0.0227. The molecule has 0 spiro atoms. The lowest BCUT2D eigenvalue weighted by molar-refractivity contribution is -0.384. The van der Waals surface area contributed by atoms with Crippen LogP contribution in [0.5, 0.6) is 0 Å². The van der Waals surface area contributed by atoms with E-state index < -0.39 is 4.92 Å². The van der Waals surface area contributed by atoms with Gasteiger partial charge in [0.1, 0.15) is 0 Å². The Labute approximate surface area is 101 Å². The Bertz CT molecular complexity index is 393. The molecule has 1 aromatic heterocycles. The maximum Gasteiger partial charge on any atom is 0.311 e. The zero-order valence-electron chi connectivity index (χ0n) is 10.4. The first-order chi connectivity index (χ1) is 8.00. The molecule has 0 saturated carbocycles. The second-order valence-corrected chi connectivity index (χ2v) is 4.17. The van der Waals surface area contributed by atoms with Gasteiger partial charge in [0.25, 0.3) is 0 Å². The minimum Gasteiger partial charge on any atom is -0.363 e. The number of nitrogens with one attached hydrogen (secondary N) is 2. The van der Waals surface area contributed by atoms with Gasteiger partial charge in [0.2, 0.25) is 5.82 Å². The van der Waals surface area contributed by atoms with Gasteiger partial charge in [-0.25, -0.2) is 4.98 Å². The molecule has 0 unspecified atom stereocenters. The highest BCUT2D eigenvalue weighted by atomic mass is 16.6. The number of nitrogens with zero attached hydrogens (tertiary/aromatic N) is 2. The summed E-state index contributed by atoms with van der Waals surface area (Å²) >= 11 is 0. The number of hydrogen-bond acceptors (Lipinski definition) is 5. The number of pyridine rings is 1. The van der Waals surface area contributed by atoms with Crippen molar-refractivity contribution in [3.05, 3.63) is 27.9 Å². The molecule has 0 atom stereocenters. The summed E-state index contributed by atoms with van der Waals surface area (Å²) in [4.78, 5) is 14.4. The van der Waals surface area contributed by atoms with E-state index in [1.807, 2.05) is 13.8 Å². The molecule has 0 aromatic carbocycles. The molecule has 2 N–H and O–H groups in total. The van der Waals surface area contributed by atoms with Crippen LogP contribution in [0.15, 0.2) is 12.3 Å². The first-order valence-electron chi connectivity index (χ1n) is 5.59. The minimum atomic E-state index is -0.418. The molecule has 0 radical (unpaired) electrons. The summed E-state index contributed by atoms with van der Waals surface area (Å²) in [5.74, 6) is 0.325. The van der Waals surface area contributed by atoms with Gasteiger partial charge in [-0.1, -0.05) is 13.8 Å². The van der Waals surface area contributed by atoms with Gasteiger partial charge >= 0.3 is 5.69 Å². The van der Waals surface area contributed by atoms with Crippen molar-refractivity contribution < 1.29 is 4.92 Å². The summed E-state index contributed by atoms with van der Waals surface area (Å²) in [6.07, 6.45) is 1.62. The van der Waals surface area contributed by atoms with Crippen LogP contribution >= 0.6 is 0 Å². The van der Waals surface area contributed by atoms with Gasteiger partial charge in [0.05, 0.1) is 4.92 Å². The number of anilines is 1. The van der Waals surface area contributed by atoms with Crippen molar-refractivity contribution >= 4 is 11.5 Å². The largest absolute Gasteiger partial charge is 0.363 e. The zero-order valence-corrected chi connectivity index (χ0v) is 10.4. The van der Waals surface area contributed by atoms with Gasteiger partial charge in [-0.3, -0.25) is 10.1 Å². The summed E-state index contributed by atoms with van der Waals surface area (Å²) in [7, 11) is 0. The molecule has 1 rings (SSSR count). The fourth-order valence-corrected chi connectivity index (χ4v) is 1.37. The number of aryl methyl sites for hydroxylation is 1. The summed E-state index contributed by atoms with van der Waals surface area (Å²) < 4.78 is 0. The summed E-state index contributed by atoms with van der Waals surface area (Å²) in [5, 5.41) is 17.0. The predicted octanol–water partition coefficient (Wildman–Crippen LogP) is 1.71. The monoisotopic (exact) mass is 238 g/mol. The van der Waals surface area contributed by atoms with Gasteiger partial charge in [-0.2, -0.15) is 0 Å². The van der Waals surface area contributed by atoms with Crippen LogP contribution in [-0.2, 0) is 0 Å². The molecule has 6 nitrogen and oxygen atoms in total. The van der Waals surface area contributed by atoms with Gasteiger partial charge in [0, 0.05) is 31.4 Å². The van der Waals surface area contributed by atoms with E-state index in [1.54, 1.807) is 13.1 Å². The van der Waals surface area contributed by atoms with Gasteiger partial charge in [-0.05, 0) is 12.5 Å². The highest BCUT2D eigenvalue weighted by Gasteiger charge is 2.14. The lowest BCUT2D eigenvalue weighted by atomic mass is 10.3. The zero-order chi connectivity index (χ0) is 12.8. The number of nitro groups is 1. The Morgan fingerprint density at radius 1 is 1.47 bits per heavy atom. The lowest BCUT2D eigenvalue weighted by Crippen LogP contribution is -2.28.